The molecule has 0 N–H and O–H groups in total. The highest BCUT2D eigenvalue weighted by atomic mass is 28.4. The topological polar surface area (TPSA) is 54.0 Å². The summed E-state index contributed by atoms with van der Waals surface area (Å²) in [4.78, 5) is 9.75. The van der Waals surface area contributed by atoms with E-state index in [4.69, 9.17) is 13.3 Å². The molecule has 0 heterocycles. The Hall–Kier alpha value is -1.21. The minimum atomic E-state index is -2.43. The lowest BCUT2D eigenvalue weighted by Crippen LogP contribution is -2.40. The van der Waals surface area contributed by atoms with E-state index in [2.05, 4.69) is 31.1 Å². The zero-order chi connectivity index (χ0) is 14.3. The van der Waals surface area contributed by atoms with Gasteiger partial charge in [0.15, 0.2) is 0 Å². The number of carbonyl (C=O) groups is 1. The van der Waals surface area contributed by atoms with Crippen LogP contribution >= 0.6 is 0 Å². The van der Waals surface area contributed by atoms with Gasteiger partial charge in [0, 0.05) is 28.3 Å². The van der Waals surface area contributed by atoms with Crippen LogP contribution in [0.2, 0.25) is 0 Å². The van der Waals surface area contributed by atoms with Crippen molar-refractivity contribution in [1.29, 1.82) is 0 Å². The summed E-state index contributed by atoms with van der Waals surface area (Å²) in [6, 6.07) is 0. The Morgan fingerprint density at radius 2 is 1.41 bits per heavy atom. The molecule has 17 heavy (non-hydrogen) atoms. The molecule has 0 fully saturated rings. The third-order valence-electron chi connectivity index (χ3n) is 1.35. The number of hydrogen-bond donors (Lipinski definition) is 0. The molecule has 0 spiro atoms. The van der Waals surface area contributed by atoms with Gasteiger partial charge in [-0.15, -0.1) is 13.2 Å². The summed E-state index contributed by atoms with van der Waals surface area (Å²) in [5.74, 6) is -0.329. The summed E-state index contributed by atoms with van der Waals surface area (Å²) < 4.78 is 19.1. The zero-order valence-corrected chi connectivity index (χ0v) is 12.0. The van der Waals surface area contributed by atoms with Crippen molar-refractivity contribution in [2.75, 3.05) is 21.3 Å². The summed E-state index contributed by atoms with van der Waals surface area (Å²) >= 11 is 0. The molecule has 0 amide bonds. The lowest BCUT2D eigenvalue weighted by atomic mass is 10.8. The van der Waals surface area contributed by atoms with E-state index in [1.54, 1.807) is 27.0 Å². The van der Waals surface area contributed by atoms with Crippen molar-refractivity contribution >= 4 is 14.8 Å². The molecule has 0 saturated carbocycles. The van der Waals surface area contributed by atoms with Gasteiger partial charge in [-0.25, -0.2) is 0 Å². The van der Waals surface area contributed by atoms with Crippen LogP contribution in [-0.4, -0.2) is 36.1 Å². The molecule has 0 aliphatic heterocycles. The van der Waals surface area contributed by atoms with Crippen LogP contribution in [-0.2, 0) is 22.8 Å². The van der Waals surface area contributed by atoms with Gasteiger partial charge in [-0.1, -0.05) is 13.2 Å². The van der Waals surface area contributed by atoms with Crippen molar-refractivity contribution in [2.45, 2.75) is 6.92 Å². The second kappa shape index (κ2) is 14.8. The van der Waals surface area contributed by atoms with E-state index in [1.165, 1.54) is 6.92 Å². The summed E-state index contributed by atoms with van der Waals surface area (Å²) in [5.41, 5.74) is 1.58. The maximum absolute atomic E-state index is 9.75. The maximum Gasteiger partial charge on any atom is 0.528 e. The van der Waals surface area contributed by atoms with E-state index in [1.807, 2.05) is 0 Å². The highest BCUT2D eigenvalue weighted by molar-refractivity contribution is 6.66. The predicted molar refractivity (Wildman–Crippen MR) is 70.2 cm³/mol. The first-order valence-electron chi connectivity index (χ1n) is 4.59. The van der Waals surface area contributed by atoms with E-state index in [-0.39, 0.29) is 5.97 Å². The molecule has 0 aliphatic rings. The summed E-state index contributed by atoms with van der Waals surface area (Å²) in [7, 11) is 2.20. The van der Waals surface area contributed by atoms with Gasteiger partial charge in [0.1, 0.15) is 0 Å². The molecular formula is C11H22O5Si. The molecule has 0 aromatic rings. The van der Waals surface area contributed by atoms with Gasteiger partial charge < -0.3 is 18.0 Å². The van der Waals surface area contributed by atoms with Crippen LogP contribution in [0.1, 0.15) is 6.92 Å². The molecule has 0 saturated heterocycles. The van der Waals surface area contributed by atoms with Gasteiger partial charge in [-0.3, -0.25) is 4.79 Å². The summed E-state index contributed by atoms with van der Waals surface area (Å²) in [6.07, 6.45) is 1.10. The first kappa shape index (κ1) is 21.1. The minimum absolute atomic E-state index is 0.329. The second-order valence-electron chi connectivity index (χ2n) is 2.20. The van der Waals surface area contributed by atoms with Gasteiger partial charge in [0.25, 0.3) is 0 Å². The SMILES string of the molecule is C=C.C=COC(C)=O.C=C[Si](OC)(OC)OC. The Kier molecular flexibility index (Phi) is 18.4. The molecule has 0 aromatic carbocycles. The van der Waals surface area contributed by atoms with Crippen molar-refractivity contribution in [3.8, 4) is 0 Å². The van der Waals surface area contributed by atoms with Crippen molar-refractivity contribution in [1.82, 2.24) is 0 Å². The number of esters is 1. The number of rotatable bonds is 5. The smallest absolute Gasteiger partial charge is 0.435 e. The number of hydrogen-bond acceptors (Lipinski definition) is 5. The third-order valence-corrected chi connectivity index (χ3v) is 3.56. The van der Waals surface area contributed by atoms with Crippen LogP contribution in [0.25, 0.3) is 0 Å². The highest BCUT2D eigenvalue weighted by Gasteiger charge is 2.33. The second-order valence-corrected chi connectivity index (χ2v) is 5.04. The average molecular weight is 262 g/mol. The van der Waals surface area contributed by atoms with E-state index in [0.29, 0.717) is 0 Å². The van der Waals surface area contributed by atoms with Gasteiger partial charge >= 0.3 is 14.8 Å². The molecule has 0 unspecified atom stereocenters. The molecule has 6 heteroatoms. The Balaban J connectivity index is -0.000000213. The van der Waals surface area contributed by atoms with Crippen molar-refractivity contribution in [3.63, 3.8) is 0 Å². The Morgan fingerprint density at radius 1 is 1.06 bits per heavy atom. The van der Waals surface area contributed by atoms with Gasteiger partial charge in [-0.05, 0) is 5.70 Å². The molecular weight excluding hydrogens is 240 g/mol. The maximum atomic E-state index is 9.75. The first-order chi connectivity index (χ1) is 8.01. The fraction of sp³-hybridized carbons (Fsp3) is 0.364. The van der Waals surface area contributed by atoms with Crippen LogP contribution in [0, 0.1) is 0 Å². The van der Waals surface area contributed by atoms with Gasteiger partial charge in [0.05, 0.1) is 6.26 Å². The molecule has 0 aromatic heterocycles. The summed E-state index contributed by atoms with van der Waals surface area (Å²) in [6.45, 7) is 14.0. The van der Waals surface area contributed by atoms with Crippen LogP contribution < -0.4 is 0 Å². The van der Waals surface area contributed by atoms with Gasteiger partial charge in [0.2, 0.25) is 0 Å². The fourth-order valence-corrected chi connectivity index (χ4v) is 1.62. The van der Waals surface area contributed by atoms with E-state index in [0.717, 1.165) is 6.26 Å². The molecule has 0 radical (unpaired) electrons. The molecule has 0 aliphatic carbocycles. The van der Waals surface area contributed by atoms with Gasteiger partial charge in [-0.2, -0.15) is 0 Å². The first-order valence-corrected chi connectivity index (χ1v) is 6.39. The molecule has 0 atom stereocenters. The Bertz CT molecular complexity index is 206. The monoisotopic (exact) mass is 262 g/mol. The quantitative estimate of drug-likeness (QED) is 0.329. The Morgan fingerprint density at radius 3 is 1.41 bits per heavy atom. The van der Waals surface area contributed by atoms with Crippen molar-refractivity contribution in [3.05, 3.63) is 38.3 Å². The van der Waals surface area contributed by atoms with Crippen molar-refractivity contribution < 1.29 is 22.8 Å². The van der Waals surface area contributed by atoms with E-state index in [9.17, 15) is 4.79 Å². The normalized spacial score (nSPS) is 8.71. The summed E-state index contributed by atoms with van der Waals surface area (Å²) in [5, 5.41) is 0. The fourth-order valence-electron chi connectivity index (χ4n) is 0.617. The number of carbonyl (C=O) groups excluding carboxylic acids is 1. The number of ether oxygens (including phenoxy) is 1. The minimum Gasteiger partial charge on any atom is -0.435 e. The largest absolute Gasteiger partial charge is 0.528 e. The van der Waals surface area contributed by atoms with Crippen LogP contribution in [0.5, 0.6) is 0 Å². The zero-order valence-electron chi connectivity index (χ0n) is 11.0. The lowest BCUT2D eigenvalue weighted by molar-refractivity contribution is -0.135. The lowest BCUT2D eigenvalue weighted by Gasteiger charge is -2.19. The molecule has 0 bridgehead atoms. The Labute approximate surface area is 105 Å². The standard InChI is InChI=1S/C5H12O3Si.C4H6O2.C2H4/c1-5-9(6-2,7-3)8-4;1-3-6-4(2)5;1-2/h5H,1H2,2-4H3;3H,1H2,2H3;1-2H2. The highest BCUT2D eigenvalue weighted by Crippen LogP contribution is 2.04. The third kappa shape index (κ3) is 12.7. The molecule has 0 rings (SSSR count). The van der Waals surface area contributed by atoms with E-state index >= 15 is 0 Å². The van der Waals surface area contributed by atoms with Crippen molar-refractivity contribution in [2.24, 2.45) is 0 Å². The predicted octanol–water partition coefficient (Wildman–Crippen LogP) is 2.08. The van der Waals surface area contributed by atoms with Crippen LogP contribution in [0.4, 0.5) is 0 Å². The molecule has 100 valence electrons. The average Bonchev–Trinajstić information content (AvgIpc) is 2.36. The van der Waals surface area contributed by atoms with Crippen LogP contribution in [0.15, 0.2) is 38.3 Å². The van der Waals surface area contributed by atoms with E-state index < -0.39 is 8.80 Å². The van der Waals surface area contributed by atoms with Crippen LogP contribution in [0.3, 0.4) is 0 Å². The molecule has 5 nitrogen and oxygen atoms in total.